The number of benzene rings is 3. The Hall–Kier alpha value is -3.93. The Morgan fingerprint density at radius 3 is 2.45 bits per heavy atom. The first-order valence-electron chi connectivity index (χ1n) is 9.92. The van der Waals surface area contributed by atoms with Crippen molar-refractivity contribution in [3.63, 3.8) is 0 Å². The quantitative estimate of drug-likeness (QED) is 0.425. The highest BCUT2D eigenvalue weighted by Gasteiger charge is 2.13. The molecule has 3 aromatic carbocycles. The Kier molecular flexibility index (Phi) is 6.08. The molecule has 0 aliphatic carbocycles. The molecule has 0 saturated carbocycles. The van der Waals surface area contributed by atoms with Crippen LogP contribution in [0.1, 0.15) is 17.7 Å². The van der Waals surface area contributed by atoms with Crippen LogP contribution in [0.4, 0.5) is 4.39 Å². The molecule has 0 bridgehead atoms. The zero-order chi connectivity index (χ0) is 21.6. The van der Waals surface area contributed by atoms with Crippen molar-refractivity contribution in [3.05, 3.63) is 102 Å². The standard InChI is InChI=1S/C25H21FN2O3/c26-20-8-4-7-19(15-20)24-16-21(9-14-25(29)30)27-28(24)22-10-12-23(13-11-22)31-17-18-5-2-1-3-6-18/h1-8,10-13,15-16H,9,14,17H2,(H,29,30). The summed E-state index contributed by atoms with van der Waals surface area (Å²) >= 11 is 0. The van der Waals surface area contributed by atoms with Gasteiger partial charge in [0.1, 0.15) is 18.2 Å². The van der Waals surface area contributed by atoms with E-state index in [1.54, 1.807) is 22.9 Å². The van der Waals surface area contributed by atoms with Crippen molar-refractivity contribution >= 4 is 5.97 Å². The molecule has 0 aliphatic rings. The molecule has 5 nitrogen and oxygen atoms in total. The maximum absolute atomic E-state index is 13.8. The fraction of sp³-hybridized carbons (Fsp3) is 0.120. The number of carboxylic acids is 1. The first-order chi connectivity index (χ1) is 15.1. The van der Waals surface area contributed by atoms with Crippen LogP contribution in [-0.4, -0.2) is 20.9 Å². The molecule has 0 spiro atoms. The van der Waals surface area contributed by atoms with Crippen molar-refractivity contribution in [1.29, 1.82) is 0 Å². The monoisotopic (exact) mass is 416 g/mol. The van der Waals surface area contributed by atoms with Crippen LogP contribution in [0.5, 0.6) is 5.75 Å². The normalized spacial score (nSPS) is 10.7. The molecule has 4 aromatic rings. The van der Waals surface area contributed by atoms with E-state index in [1.165, 1.54) is 12.1 Å². The summed E-state index contributed by atoms with van der Waals surface area (Å²) in [5.74, 6) is -0.512. The van der Waals surface area contributed by atoms with Crippen molar-refractivity contribution in [2.45, 2.75) is 19.4 Å². The molecule has 31 heavy (non-hydrogen) atoms. The van der Waals surface area contributed by atoms with E-state index in [2.05, 4.69) is 5.10 Å². The van der Waals surface area contributed by atoms with Crippen LogP contribution < -0.4 is 4.74 Å². The molecule has 0 atom stereocenters. The van der Waals surface area contributed by atoms with Crippen molar-refractivity contribution in [2.24, 2.45) is 0 Å². The number of carboxylic acid groups (broad SMARTS) is 1. The van der Waals surface area contributed by atoms with Gasteiger partial charge >= 0.3 is 5.97 Å². The second-order valence-electron chi connectivity index (χ2n) is 7.10. The number of ether oxygens (including phenoxy) is 1. The van der Waals surface area contributed by atoms with Gasteiger partial charge in [-0.1, -0.05) is 42.5 Å². The lowest BCUT2D eigenvalue weighted by molar-refractivity contribution is -0.136. The van der Waals surface area contributed by atoms with Crippen molar-refractivity contribution in [1.82, 2.24) is 9.78 Å². The van der Waals surface area contributed by atoms with Gasteiger partial charge in [0.2, 0.25) is 0 Å². The maximum atomic E-state index is 13.8. The van der Waals surface area contributed by atoms with Gasteiger partial charge in [-0.25, -0.2) is 9.07 Å². The van der Waals surface area contributed by atoms with Crippen LogP contribution in [-0.2, 0) is 17.8 Å². The summed E-state index contributed by atoms with van der Waals surface area (Å²) in [5.41, 5.74) is 3.84. The van der Waals surface area contributed by atoms with Gasteiger partial charge in [-0.2, -0.15) is 5.10 Å². The van der Waals surface area contributed by atoms with Gasteiger partial charge in [0.25, 0.3) is 0 Å². The smallest absolute Gasteiger partial charge is 0.303 e. The highest BCUT2D eigenvalue weighted by molar-refractivity contribution is 5.67. The fourth-order valence-corrected chi connectivity index (χ4v) is 3.26. The first-order valence-corrected chi connectivity index (χ1v) is 9.92. The summed E-state index contributed by atoms with van der Waals surface area (Å²) in [6.07, 6.45) is 0.273. The third-order valence-corrected chi connectivity index (χ3v) is 4.80. The van der Waals surface area contributed by atoms with Gasteiger partial charge in [0.15, 0.2) is 0 Å². The summed E-state index contributed by atoms with van der Waals surface area (Å²) < 4.78 is 21.3. The van der Waals surface area contributed by atoms with E-state index >= 15 is 0 Å². The Balaban J connectivity index is 1.60. The molecule has 0 amide bonds. The van der Waals surface area contributed by atoms with E-state index in [0.717, 1.165) is 17.0 Å². The fourth-order valence-electron chi connectivity index (χ4n) is 3.26. The molecular formula is C25H21FN2O3. The SMILES string of the molecule is O=C(O)CCc1cc(-c2cccc(F)c2)n(-c2ccc(OCc3ccccc3)cc2)n1. The van der Waals surface area contributed by atoms with E-state index in [9.17, 15) is 9.18 Å². The number of aromatic nitrogens is 2. The van der Waals surface area contributed by atoms with Gasteiger partial charge in [0, 0.05) is 12.0 Å². The minimum Gasteiger partial charge on any atom is -0.489 e. The average Bonchev–Trinajstić information content (AvgIpc) is 3.22. The second-order valence-corrected chi connectivity index (χ2v) is 7.10. The number of aliphatic carboxylic acids is 1. The Bertz CT molecular complexity index is 1170. The highest BCUT2D eigenvalue weighted by atomic mass is 19.1. The number of hydrogen-bond donors (Lipinski definition) is 1. The highest BCUT2D eigenvalue weighted by Crippen LogP contribution is 2.26. The minimum absolute atomic E-state index is 0.0220. The molecule has 0 radical (unpaired) electrons. The second kappa shape index (κ2) is 9.26. The summed E-state index contributed by atoms with van der Waals surface area (Å²) in [4.78, 5) is 11.0. The molecular weight excluding hydrogens is 395 g/mol. The number of nitrogens with zero attached hydrogens (tertiary/aromatic N) is 2. The summed E-state index contributed by atoms with van der Waals surface area (Å²) in [6.45, 7) is 0.468. The molecule has 0 fully saturated rings. The van der Waals surface area contributed by atoms with E-state index in [1.807, 2.05) is 54.6 Å². The van der Waals surface area contributed by atoms with Gasteiger partial charge in [-0.3, -0.25) is 4.79 Å². The van der Waals surface area contributed by atoms with Gasteiger partial charge < -0.3 is 9.84 Å². The average molecular weight is 416 g/mol. The topological polar surface area (TPSA) is 64.3 Å². The number of rotatable bonds is 8. The Morgan fingerprint density at radius 1 is 0.968 bits per heavy atom. The zero-order valence-electron chi connectivity index (χ0n) is 16.7. The van der Waals surface area contributed by atoms with Crippen LogP contribution in [0.25, 0.3) is 16.9 Å². The van der Waals surface area contributed by atoms with Gasteiger partial charge in [-0.05, 0) is 48.0 Å². The van der Waals surface area contributed by atoms with Gasteiger partial charge in [-0.15, -0.1) is 0 Å². The predicted octanol–water partition coefficient (Wildman–Crippen LogP) is 5.27. The number of carbonyl (C=O) groups is 1. The van der Waals surface area contributed by atoms with E-state index in [-0.39, 0.29) is 12.2 Å². The lowest BCUT2D eigenvalue weighted by Gasteiger charge is -2.10. The van der Waals surface area contributed by atoms with Crippen molar-refractivity contribution in [3.8, 4) is 22.7 Å². The Morgan fingerprint density at radius 2 is 1.74 bits per heavy atom. The molecule has 6 heteroatoms. The maximum Gasteiger partial charge on any atom is 0.303 e. The van der Waals surface area contributed by atoms with E-state index in [4.69, 9.17) is 9.84 Å². The summed E-state index contributed by atoms with van der Waals surface area (Å²) in [5, 5.41) is 13.6. The molecule has 4 rings (SSSR count). The van der Waals surface area contributed by atoms with Crippen LogP contribution in [0, 0.1) is 5.82 Å². The van der Waals surface area contributed by atoms with Gasteiger partial charge in [0.05, 0.1) is 23.5 Å². The summed E-state index contributed by atoms with van der Waals surface area (Å²) in [7, 11) is 0. The van der Waals surface area contributed by atoms with Crippen molar-refractivity contribution in [2.75, 3.05) is 0 Å². The molecule has 0 aliphatic heterocycles. The lowest BCUT2D eigenvalue weighted by atomic mass is 10.1. The lowest BCUT2D eigenvalue weighted by Crippen LogP contribution is -2.02. The predicted molar refractivity (Wildman–Crippen MR) is 116 cm³/mol. The largest absolute Gasteiger partial charge is 0.489 e. The zero-order valence-corrected chi connectivity index (χ0v) is 16.7. The molecule has 1 heterocycles. The molecule has 1 N–H and O–H groups in total. The van der Waals surface area contributed by atoms with E-state index in [0.29, 0.717) is 30.0 Å². The summed E-state index contributed by atoms with van der Waals surface area (Å²) in [6, 6.07) is 25.4. The number of halogens is 1. The number of hydrogen-bond acceptors (Lipinski definition) is 3. The van der Waals surface area contributed by atoms with E-state index < -0.39 is 5.97 Å². The van der Waals surface area contributed by atoms with Crippen LogP contribution in [0.3, 0.4) is 0 Å². The Labute approximate surface area is 179 Å². The van der Waals surface area contributed by atoms with Crippen molar-refractivity contribution < 1.29 is 19.0 Å². The molecule has 0 unspecified atom stereocenters. The third kappa shape index (κ3) is 5.17. The first kappa shape index (κ1) is 20.3. The van der Waals surface area contributed by atoms with Crippen LogP contribution >= 0.6 is 0 Å². The third-order valence-electron chi connectivity index (χ3n) is 4.80. The van der Waals surface area contributed by atoms with Crippen LogP contribution in [0.15, 0.2) is 84.9 Å². The minimum atomic E-state index is -0.887. The molecule has 0 saturated heterocycles. The molecule has 1 aromatic heterocycles. The molecule has 156 valence electrons. The number of aryl methyl sites for hydroxylation is 1. The van der Waals surface area contributed by atoms with Crippen LogP contribution in [0.2, 0.25) is 0 Å².